The van der Waals surface area contributed by atoms with Crippen molar-refractivity contribution in [1.29, 1.82) is 0 Å². The predicted molar refractivity (Wildman–Crippen MR) is 51.4 cm³/mol. The molecule has 74 valence electrons. The molecular weight excluding hydrogens is 164 g/mol. The fourth-order valence-electron chi connectivity index (χ4n) is 1.93. The second-order valence-electron chi connectivity index (χ2n) is 4.29. The fraction of sp³-hybridized carbons (Fsp3) is 0.900. The molecule has 0 bridgehead atoms. The van der Waals surface area contributed by atoms with Crippen LogP contribution >= 0.6 is 0 Å². The van der Waals surface area contributed by atoms with Gasteiger partial charge in [-0.15, -0.1) is 0 Å². The lowest BCUT2D eigenvalue weighted by atomic mass is 10.1. The molecule has 2 unspecified atom stereocenters. The first-order chi connectivity index (χ1) is 6.20. The van der Waals surface area contributed by atoms with Crippen LogP contribution in [0.15, 0.2) is 0 Å². The quantitative estimate of drug-likeness (QED) is 0.644. The Hall–Kier alpha value is -0.570. The largest absolute Gasteiger partial charge is 0.337 e. The molecule has 0 aromatic carbocycles. The minimum Gasteiger partial charge on any atom is -0.337 e. The average Bonchev–Trinajstić information content (AvgIpc) is 2.91. The Morgan fingerprint density at radius 2 is 2.08 bits per heavy atom. The molecule has 3 nitrogen and oxygen atoms in total. The van der Waals surface area contributed by atoms with Crippen LogP contribution in [0.3, 0.4) is 0 Å². The highest BCUT2D eigenvalue weighted by molar-refractivity contribution is 5.81. The molecule has 2 rings (SSSR count). The van der Waals surface area contributed by atoms with Gasteiger partial charge in [0.2, 0.25) is 5.91 Å². The van der Waals surface area contributed by atoms with Gasteiger partial charge in [-0.05, 0) is 26.7 Å². The number of rotatable bonds is 1. The van der Waals surface area contributed by atoms with E-state index in [1.165, 1.54) is 0 Å². The van der Waals surface area contributed by atoms with E-state index in [2.05, 4.69) is 24.1 Å². The van der Waals surface area contributed by atoms with Gasteiger partial charge in [-0.2, -0.15) is 0 Å². The van der Waals surface area contributed by atoms with E-state index in [-0.39, 0.29) is 0 Å². The smallest absolute Gasteiger partial charge is 0.226 e. The zero-order chi connectivity index (χ0) is 9.42. The van der Waals surface area contributed by atoms with Crippen molar-refractivity contribution in [1.82, 2.24) is 10.2 Å². The van der Waals surface area contributed by atoms with Crippen molar-refractivity contribution in [2.75, 3.05) is 13.1 Å². The Kier molecular flexibility index (Phi) is 2.28. The molecule has 0 radical (unpaired) electrons. The summed E-state index contributed by atoms with van der Waals surface area (Å²) in [5.41, 5.74) is 0. The van der Waals surface area contributed by atoms with Gasteiger partial charge in [-0.3, -0.25) is 4.79 Å². The first-order valence-electron chi connectivity index (χ1n) is 5.24. The monoisotopic (exact) mass is 182 g/mol. The first kappa shape index (κ1) is 9.00. The molecule has 0 aromatic rings. The summed E-state index contributed by atoms with van der Waals surface area (Å²) in [5, 5.41) is 3.38. The second kappa shape index (κ2) is 3.29. The molecule has 2 fully saturated rings. The molecule has 3 heteroatoms. The molecule has 0 aromatic heterocycles. The summed E-state index contributed by atoms with van der Waals surface area (Å²) in [6, 6.07) is 0.804. The zero-order valence-corrected chi connectivity index (χ0v) is 8.42. The van der Waals surface area contributed by atoms with Crippen LogP contribution < -0.4 is 5.32 Å². The number of hydrogen-bond acceptors (Lipinski definition) is 2. The Morgan fingerprint density at radius 1 is 1.38 bits per heavy atom. The number of carbonyl (C=O) groups excluding carboxylic acids is 1. The first-order valence-corrected chi connectivity index (χ1v) is 5.24. The van der Waals surface area contributed by atoms with E-state index in [0.717, 1.165) is 25.9 Å². The average molecular weight is 182 g/mol. The van der Waals surface area contributed by atoms with Crippen LogP contribution in [0.2, 0.25) is 0 Å². The molecule has 1 N–H and O–H groups in total. The van der Waals surface area contributed by atoms with Crippen molar-refractivity contribution in [2.45, 2.75) is 38.8 Å². The van der Waals surface area contributed by atoms with Gasteiger partial charge in [0.1, 0.15) is 0 Å². The molecule has 1 saturated heterocycles. The SMILES string of the molecule is CC1NCCN(C(=O)C2CC2)C1C. The number of nitrogens with zero attached hydrogens (tertiary/aromatic N) is 1. The molecule has 1 aliphatic heterocycles. The molecular formula is C10H18N2O. The molecule has 2 atom stereocenters. The van der Waals surface area contributed by atoms with Gasteiger partial charge < -0.3 is 10.2 Å². The minimum atomic E-state index is 0.363. The van der Waals surface area contributed by atoms with Crippen molar-refractivity contribution < 1.29 is 4.79 Å². The molecule has 1 heterocycles. The van der Waals surface area contributed by atoms with Crippen molar-refractivity contribution >= 4 is 5.91 Å². The van der Waals surface area contributed by atoms with E-state index >= 15 is 0 Å². The Labute approximate surface area is 79.5 Å². The molecule has 0 spiro atoms. The van der Waals surface area contributed by atoms with E-state index in [0.29, 0.717) is 23.9 Å². The van der Waals surface area contributed by atoms with Gasteiger partial charge in [0.15, 0.2) is 0 Å². The highest BCUT2D eigenvalue weighted by Crippen LogP contribution is 2.32. The lowest BCUT2D eigenvalue weighted by Crippen LogP contribution is -2.57. The number of hydrogen-bond donors (Lipinski definition) is 1. The van der Waals surface area contributed by atoms with Crippen molar-refractivity contribution in [2.24, 2.45) is 5.92 Å². The van der Waals surface area contributed by atoms with Crippen LogP contribution in [0, 0.1) is 5.92 Å². The fourth-order valence-corrected chi connectivity index (χ4v) is 1.93. The normalized spacial score (nSPS) is 34.8. The van der Waals surface area contributed by atoms with Crippen LogP contribution in [-0.2, 0) is 4.79 Å². The third kappa shape index (κ3) is 1.70. The van der Waals surface area contributed by atoms with E-state index in [9.17, 15) is 4.79 Å². The van der Waals surface area contributed by atoms with E-state index < -0.39 is 0 Å². The molecule has 1 amide bonds. The Bertz CT molecular complexity index is 213. The van der Waals surface area contributed by atoms with Gasteiger partial charge in [-0.1, -0.05) is 0 Å². The zero-order valence-electron chi connectivity index (χ0n) is 8.42. The lowest BCUT2D eigenvalue weighted by Gasteiger charge is -2.38. The van der Waals surface area contributed by atoms with Gasteiger partial charge in [-0.25, -0.2) is 0 Å². The molecule has 1 aliphatic carbocycles. The van der Waals surface area contributed by atoms with Crippen LogP contribution in [0.25, 0.3) is 0 Å². The predicted octanol–water partition coefficient (Wildman–Crippen LogP) is 0.605. The Morgan fingerprint density at radius 3 is 2.69 bits per heavy atom. The van der Waals surface area contributed by atoms with E-state index in [1.54, 1.807) is 0 Å². The third-order valence-electron chi connectivity index (χ3n) is 3.24. The molecule has 1 saturated carbocycles. The number of amides is 1. The summed E-state index contributed by atoms with van der Waals surface area (Å²) in [6.07, 6.45) is 2.23. The summed E-state index contributed by atoms with van der Waals surface area (Å²) < 4.78 is 0. The van der Waals surface area contributed by atoms with Crippen molar-refractivity contribution in [3.63, 3.8) is 0 Å². The van der Waals surface area contributed by atoms with Crippen LogP contribution in [-0.4, -0.2) is 36.0 Å². The van der Waals surface area contributed by atoms with Gasteiger partial charge in [0, 0.05) is 31.1 Å². The third-order valence-corrected chi connectivity index (χ3v) is 3.24. The van der Waals surface area contributed by atoms with Gasteiger partial charge in [0.05, 0.1) is 0 Å². The summed E-state index contributed by atoms with van der Waals surface area (Å²) in [4.78, 5) is 13.9. The molecule has 13 heavy (non-hydrogen) atoms. The second-order valence-corrected chi connectivity index (χ2v) is 4.29. The summed E-state index contributed by atoms with van der Waals surface area (Å²) in [7, 11) is 0. The maximum atomic E-state index is 11.8. The van der Waals surface area contributed by atoms with Gasteiger partial charge in [0.25, 0.3) is 0 Å². The highest BCUT2D eigenvalue weighted by atomic mass is 16.2. The summed E-state index contributed by atoms with van der Waals surface area (Å²) in [5.74, 6) is 0.758. The lowest BCUT2D eigenvalue weighted by molar-refractivity contribution is -0.136. The van der Waals surface area contributed by atoms with Crippen LogP contribution in [0.4, 0.5) is 0 Å². The molecule has 2 aliphatic rings. The van der Waals surface area contributed by atoms with E-state index in [4.69, 9.17) is 0 Å². The van der Waals surface area contributed by atoms with Crippen LogP contribution in [0.1, 0.15) is 26.7 Å². The van der Waals surface area contributed by atoms with Crippen LogP contribution in [0.5, 0.6) is 0 Å². The van der Waals surface area contributed by atoms with Crippen molar-refractivity contribution in [3.8, 4) is 0 Å². The van der Waals surface area contributed by atoms with E-state index in [1.807, 2.05) is 0 Å². The maximum Gasteiger partial charge on any atom is 0.226 e. The number of piperazine rings is 1. The standard InChI is InChI=1S/C10H18N2O/c1-7-8(2)12(6-5-11-7)10(13)9-3-4-9/h7-9,11H,3-6H2,1-2H3. The van der Waals surface area contributed by atoms with Gasteiger partial charge >= 0.3 is 0 Å². The maximum absolute atomic E-state index is 11.8. The summed E-state index contributed by atoms with van der Waals surface area (Å²) >= 11 is 0. The summed E-state index contributed by atoms with van der Waals surface area (Å²) in [6.45, 7) is 6.12. The van der Waals surface area contributed by atoms with Crippen molar-refractivity contribution in [3.05, 3.63) is 0 Å². The highest BCUT2D eigenvalue weighted by Gasteiger charge is 2.37. The number of carbonyl (C=O) groups is 1. The number of nitrogens with one attached hydrogen (secondary N) is 1. The topological polar surface area (TPSA) is 32.3 Å². The minimum absolute atomic E-state index is 0.363. The Balaban J connectivity index is 1.99.